The van der Waals surface area contributed by atoms with E-state index in [-0.39, 0.29) is 23.7 Å². The number of hydrogen-bond acceptors (Lipinski definition) is 6. The number of carbonyl (C=O) groups excluding carboxylic acids is 2. The average Bonchev–Trinajstić information content (AvgIpc) is 3.29. The second-order valence-electron chi connectivity index (χ2n) is 9.63. The Kier molecular flexibility index (Phi) is 7.33. The molecule has 0 saturated carbocycles. The first-order chi connectivity index (χ1) is 18.7. The third-order valence-electron chi connectivity index (χ3n) is 6.94. The van der Waals surface area contributed by atoms with E-state index in [1.54, 1.807) is 50.2 Å². The zero-order valence-electron chi connectivity index (χ0n) is 21.9. The zero-order chi connectivity index (χ0) is 27.8. The maximum Gasteiger partial charge on any atom is 0.337 e. The molecule has 11 heteroatoms. The lowest BCUT2D eigenvalue weighted by Gasteiger charge is -2.36. The van der Waals surface area contributed by atoms with Crippen LogP contribution in [0.25, 0.3) is 15.9 Å². The Hall–Kier alpha value is -3.89. The number of anilines is 1. The Bertz CT molecular complexity index is 1670. The van der Waals surface area contributed by atoms with Crippen LogP contribution < -0.4 is 16.1 Å². The summed E-state index contributed by atoms with van der Waals surface area (Å²) < 4.78 is 2.37. The summed E-state index contributed by atoms with van der Waals surface area (Å²) in [6.07, 6.45) is 0. The summed E-state index contributed by atoms with van der Waals surface area (Å²) in [5.41, 5.74) is 0.740. The highest BCUT2D eigenvalue weighted by atomic mass is 35.5. The van der Waals surface area contributed by atoms with Gasteiger partial charge in [0.2, 0.25) is 5.91 Å². The van der Waals surface area contributed by atoms with Gasteiger partial charge in [0.1, 0.15) is 11.4 Å². The van der Waals surface area contributed by atoms with Gasteiger partial charge in [-0.05, 0) is 48.9 Å². The smallest absolute Gasteiger partial charge is 0.337 e. The number of hydrogen-bond donors (Lipinski definition) is 0. The third-order valence-corrected chi connectivity index (χ3v) is 8.50. The van der Waals surface area contributed by atoms with Gasteiger partial charge in [-0.3, -0.25) is 19.0 Å². The minimum atomic E-state index is -0.642. The molecule has 4 aromatic rings. The molecular formula is C28H28ClN5O4S. The van der Waals surface area contributed by atoms with Crippen LogP contribution >= 0.6 is 22.9 Å². The maximum atomic E-state index is 13.8. The van der Waals surface area contributed by atoms with Crippen molar-refractivity contribution in [1.29, 1.82) is 0 Å². The van der Waals surface area contributed by atoms with Crippen LogP contribution in [0.15, 0.2) is 64.2 Å². The summed E-state index contributed by atoms with van der Waals surface area (Å²) in [6.45, 7) is 3.81. The first-order valence-electron chi connectivity index (χ1n) is 12.5. The molecule has 1 aliphatic heterocycles. The Morgan fingerprint density at radius 2 is 1.56 bits per heavy atom. The minimum Gasteiger partial charge on any atom is -0.368 e. The molecule has 2 amide bonds. The van der Waals surface area contributed by atoms with Crippen molar-refractivity contribution in [3.63, 3.8) is 0 Å². The number of piperazine rings is 1. The van der Waals surface area contributed by atoms with E-state index < -0.39 is 11.2 Å². The number of para-hydroxylation sites is 1. The van der Waals surface area contributed by atoms with E-state index in [0.29, 0.717) is 52.2 Å². The molecule has 2 aromatic carbocycles. The Balaban J connectivity index is 1.55. The Morgan fingerprint density at radius 3 is 2.18 bits per heavy atom. The van der Waals surface area contributed by atoms with Crippen molar-refractivity contribution in [3.8, 4) is 5.69 Å². The molecule has 1 aliphatic rings. The molecular weight excluding hydrogens is 538 g/mol. The van der Waals surface area contributed by atoms with Crippen molar-refractivity contribution in [2.24, 2.45) is 0 Å². The van der Waals surface area contributed by atoms with Crippen molar-refractivity contribution < 1.29 is 9.59 Å². The second-order valence-corrected chi connectivity index (χ2v) is 11.1. The predicted molar refractivity (Wildman–Crippen MR) is 155 cm³/mol. The van der Waals surface area contributed by atoms with Crippen LogP contribution in [0.4, 0.5) is 5.69 Å². The lowest BCUT2D eigenvalue weighted by Crippen LogP contribution is -2.50. The van der Waals surface area contributed by atoms with Crippen LogP contribution in [0.1, 0.15) is 15.2 Å². The van der Waals surface area contributed by atoms with Gasteiger partial charge in [0.25, 0.3) is 11.5 Å². The summed E-state index contributed by atoms with van der Waals surface area (Å²) >= 11 is 7.10. The molecule has 0 unspecified atom stereocenters. The quantitative estimate of drug-likeness (QED) is 0.371. The molecule has 0 spiro atoms. The largest absolute Gasteiger partial charge is 0.368 e. The second kappa shape index (κ2) is 10.7. The molecule has 1 fully saturated rings. The van der Waals surface area contributed by atoms with E-state index >= 15 is 0 Å². The molecule has 0 radical (unpaired) electrons. The number of rotatable bonds is 5. The van der Waals surface area contributed by atoms with E-state index in [4.69, 9.17) is 11.6 Å². The van der Waals surface area contributed by atoms with Crippen molar-refractivity contribution in [1.82, 2.24) is 18.9 Å². The van der Waals surface area contributed by atoms with Gasteiger partial charge in [-0.1, -0.05) is 29.8 Å². The van der Waals surface area contributed by atoms with Gasteiger partial charge in [0.15, 0.2) is 0 Å². The minimum absolute atomic E-state index is 0.223. The standard InChI is InChI=1S/C28H28ClN5O4S/c1-18-23-25(36)34(21-11-9-19(29)10-12-21)28(38)33(27(23)39-24(18)26(37)30(2)3)17-22(35)32-15-13-31(14-16-32)20-7-5-4-6-8-20/h4-12H,13-17H2,1-3H3. The summed E-state index contributed by atoms with van der Waals surface area (Å²) in [5.74, 6) is -0.493. The zero-order valence-corrected chi connectivity index (χ0v) is 23.5. The summed E-state index contributed by atoms with van der Waals surface area (Å²) in [5, 5.41) is 0.713. The third kappa shape index (κ3) is 4.97. The molecule has 0 N–H and O–H groups in total. The van der Waals surface area contributed by atoms with E-state index in [9.17, 15) is 19.2 Å². The van der Waals surface area contributed by atoms with Crippen LogP contribution in [0.2, 0.25) is 5.02 Å². The fourth-order valence-electron chi connectivity index (χ4n) is 4.80. The number of thiophene rings is 1. The first kappa shape index (κ1) is 26.7. The molecule has 3 heterocycles. The Labute approximate surface area is 234 Å². The number of fused-ring (bicyclic) bond motifs is 1. The van der Waals surface area contributed by atoms with Crippen molar-refractivity contribution in [3.05, 3.63) is 90.9 Å². The van der Waals surface area contributed by atoms with Crippen molar-refractivity contribution in [2.75, 3.05) is 45.2 Å². The number of aromatic nitrogens is 2. The van der Waals surface area contributed by atoms with Crippen LogP contribution in [0, 0.1) is 6.92 Å². The highest BCUT2D eigenvalue weighted by molar-refractivity contribution is 7.20. The van der Waals surface area contributed by atoms with Gasteiger partial charge < -0.3 is 14.7 Å². The van der Waals surface area contributed by atoms with Gasteiger partial charge in [0, 0.05) is 51.0 Å². The molecule has 1 saturated heterocycles. The number of benzene rings is 2. The summed E-state index contributed by atoms with van der Waals surface area (Å²) in [4.78, 5) is 59.9. The summed E-state index contributed by atoms with van der Waals surface area (Å²) in [7, 11) is 3.26. The van der Waals surface area contributed by atoms with Crippen molar-refractivity contribution in [2.45, 2.75) is 13.5 Å². The SMILES string of the molecule is Cc1c(C(=O)N(C)C)sc2c1c(=O)n(-c1ccc(Cl)cc1)c(=O)n2CC(=O)N1CCN(c2ccccc2)CC1. The lowest BCUT2D eigenvalue weighted by atomic mass is 10.2. The highest BCUT2D eigenvalue weighted by Crippen LogP contribution is 2.29. The number of carbonyl (C=O) groups is 2. The number of halogens is 1. The van der Waals surface area contributed by atoms with Crippen molar-refractivity contribution >= 4 is 50.7 Å². The molecule has 0 bridgehead atoms. The lowest BCUT2D eigenvalue weighted by molar-refractivity contribution is -0.132. The van der Waals surface area contributed by atoms with Crippen LogP contribution in [-0.4, -0.2) is 71.0 Å². The van der Waals surface area contributed by atoms with E-state index in [2.05, 4.69) is 4.90 Å². The molecule has 9 nitrogen and oxygen atoms in total. The van der Waals surface area contributed by atoms with E-state index in [1.165, 1.54) is 9.47 Å². The highest BCUT2D eigenvalue weighted by Gasteiger charge is 2.27. The molecule has 202 valence electrons. The van der Waals surface area contributed by atoms with E-state index in [0.717, 1.165) is 21.6 Å². The molecule has 0 atom stereocenters. The topological polar surface area (TPSA) is 87.9 Å². The molecule has 5 rings (SSSR count). The predicted octanol–water partition coefficient (Wildman–Crippen LogP) is 3.23. The fourth-order valence-corrected chi connectivity index (χ4v) is 6.24. The van der Waals surface area contributed by atoms with E-state index in [1.807, 2.05) is 30.3 Å². The van der Waals surface area contributed by atoms with Gasteiger partial charge in [0.05, 0.1) is 16.0 Å². The normalized spacial score (nSPS) is 13.6. The fraction of sp³-hybridized carbons (Fsp3) is 0.286. The monoisotopic (exact) mass is 565 g/mol. The molecule has 2 aromatic heterocycles. The summed E-state index contributed by atoms with van der Waals surface area (Å²) in [6, 6.07) is 16.4. The van der Waals surface area contributed by atoms with Gasteiger partial charge in [-0.15, -0.1) is 11.3 Å². The maximum absolute atomic E-state index is 13.8. The molecule has 0 aliphatic carbocycles. The first-order valence-corrected chi connectivity index (χ1v) is 13.7. The number of aryl methyl sites for hydroxylation is 1. The van der Waals surface area contributed by atoms with Crippen LogP contribution in [-0.2, 0) is 11.3 Å². The van der Waals surface area contributed by atoms with Gasteiger partial charge in [-0.25, -0.2) is 9.36 Å². The number of nitrogens with zero attached hydrogens (tertiary/aromatic N) is 5. The van der Waals surface area contributed by atoms with Gasteiger partial charge in [-0.2, -0.15) is 0 Å². The van der Waals surface area contributed by atoms with Crippen LogP contribution in [0.5, 0.6) is 0 Å². The molecule has 39 heavy (non-hydrogen) atoms. The Morgan fingerprint density at radius 1 is 0.923 bits per heavy atom. The number of amides is 2. The average molecular weight is 566 g/mol. The van der Waals surface area contributed by atoms with Gasteiger partial charge >= 0.3 is 5.69 Å². The van der Waals surface area contributed by atoms with Crippen LogP contribution in [0.3, 0.4) is 0 Å².